The Labute approximate surface area is 154 Å². The van der Waals surface area contributed by atoms with E-state index in [1.165, 1.54) is 4.90 Å². The van der Waals surface area contributed by atoms with E-state index in [0.29, 0.717) is 10.9 Å². The van der Waals surface area contributed by atoms with Crippen LogP contribution < -0.4 is 4.74 Å². The molecule has 0 radical (unpaired) electrons. The molecule has 10 heteroatoms. The number of fused-ring (bicyclic) bond motifs is 1. The maximum atomic E-state index is 9.87. The molecule has 0 aliphatic rings. The van der Waals surface area contributed by atoms with Crippen molar-refractivity contribution in [3.05, 3.63) is 48.5 Å². The van der Waals surface area contributed by atoms with Gasteiger partial charge in [0.05, 0.1) is 7.11 Å². The van der Waals surface area contributed by atoms with Crippen LogP contribution in [0.15, 0.2) is 57.8 Å². The molecule has 0 aliphatic carbocycles. The van der Waals surface area contributed by atoms with Crippen LogP contribution in [0, 0.1) is 0 Å². The topological polar surface area (TPSA) is 22.4 Å². The molecule has 0 bridgehead atoms. The molecule has 150 valence electrons. The predicted molar refractivity (Wildman–Crippen MR) is 99.2 cm³/mol. The van der Waals surface area contributed by atoms with Crippen LogP contribution in [-0.2, 0) is 10.9 Å². The number of furan rings is 1. The molecule has 1 heterocycles. The Morgan fingerprint density at radius 1 is 0.852 bits per heavy atom. The Hall–Kier alpha value is -1.86. The zero-order valence-corrected chi connectivity index (χ0v) is 16.3. The van der Waals surface area contributed by atoms with Crippen molar-refractivity contribution in [2.24, 2.45) is 0 Å². The number of rotatable bonds is 3. The van der Waals surface area contributed by atoms with Crippen molar-refractivity contribution in [1.82, 2.24) is 0 Å². The van der Waals surface area contributed by atoms with Gasteiger partial charge >= 0.3 is 33.0 Å². The average molecular weight is 430 g/mol. The van der Waals surface area contributed by atoms with Crippen LogP contribution in [0.4, 0.5) is 25.2 Å². The summed E-state index contributed by atoms with van der Waals surface area (Å²) in [4.78, 5) is 1.37. The fraction of sp³-hybridized carbons (Fsp3) is 0.176. The first-order valence-corrected chi connectivity index (χ1v) is 11.5. The zero-order chi connectivity index (χ0) is 20.5. The standard InChI is InChI=1S/C17H17O2S.F6P/c1-18-14-7-4-13-10-16(19-17(13)11-14)12-5-8-15(9-6-12)20(2)3;1-7(2,3,4,5)6/h4-11H,1-3H3;/q+1;-1. The molecule has 0 atom stereocenters. The number of halogens is 6. The normalized spacial score (nSPS) is 14.3. The Bertz CT molecular complexity index is 923. The van der Waals surface area contributed by atoms with E-state index in [4.69, 9.17) is 9.15 Å². The number of ether oxygens (including phenoxy) is 1. The quantitative estimate of drug-likeness (QED) is 0.241. The van der Waals surface area contributed by atoms with E-state index in [1.807, 2.05) is 18.2 Å². The van der Waals surface area contributed by atoms with Crippen molar-refractivity contribution in [3.63, 3.8) is 0 Å². The molecule has 0 spiro atoms. The summed E-state index contributed by atoms with van der Waals surface area (Å²) < 4.78 is 70.3. The molecule has 3 aromatic rings. The van der Waals surface area contributed by atoms with Gasteiger partial charge in [-0.05, 0) is 42.5 Å². The van der Waals surface area contributed by atoms with Crippen LogP contribution in [0.5, 0.6) is 5.75 Å². The van der Waals surface area contributed by atoms with Gasteiger partial charge < -0.3 is 9.15 Å². The summed E-state index contributed by atoms with van der Waals surface area (Å²) in [6.45, 7) is 0. The average Bonchev–Trinajstić information content (AvgIpc) is 2.94. The third-order valence-electron chi connectivity index (χ3n) is 3.34. The molecule has 0 saturated carbocycles. The molecule has 0 amide bonds. The van der Waals surface area contributed by atoms with Crippen LogP contribution >= 0.6 is 7.81 Å². The molecule has 0 unspecified atom stereocenters. The second-order valence-corrected chi connectivity index (χ2v) is 9.83. The fourth-order valence-corrected chi connectivity index (χ4v) is 2.85. The van der Waals surface area contributed by atoms with Gasteiger partial charge in [0.15, 0.2) is 4.90 Å². The van der Waals surface area contributed by atoms with Gasteiger partial charge in [0.2, 0.25) is 0 Å². The summed E-state index contributed by atoms with van der Waals surface area (Å²) in [6.07, 6.45) is 4.45. The first-order chi connectivity index (χ1) is 12.1. The summed E-state index contributed by atoms with van der Waals surface area (Å²) in [5.41, 5.74) is 1.96. The molecule has 2 nitrogen and oxygen atoms in total. The fourth-order valence-electron chi connectivity index (χ4n) is 2.17. The van der Waals surface area contributed by atoms with Crippen LogP contribution in [-0.4, -0.2) is 19.6 Å². The monoisotopic (exact) mass is 430 g/mol. The first kappa shape index (κ1) is 21.4. The Morgan fingerprint density at radius 2 is 1.41 bits per heavy atom. The number of methoxy groups -OCH3 is 1. The third kappa shape index (κ3) is 7.72. The van der Waals surface area contributed by atoms with Crippen molar-refractivity contribution in [1.29, 1.82) is 0 Å². The van der Waals surface area contributed by atoms with Crippen molar-refractivity contribution in [3.8, 4) is 17.1 Å². The van der Waals surface area contributed by atoms with Crippen LogP contribution in [0.25, 0.3) is 22.3 Å². The van der Waals surface area contributed by atoms with E-state index in [0.717, 1.165) is 28.0 Å². The van der Waals surface area contributed by atoms with Crippen LogP contribution in [0.3, 0.4) is 0 Å². The molecular formula is C17H17F6O2PS. The Kier molecular flexibility index (Phi) is 5.27. The molecule has 0 N–H and O–H groups in total. The van der Waals surface area contributed by atoms with E-state index < -0.39 is 7.81 Å². The molecule has 2 aromatic carbocycles. The predicted octanol–water partition coefficient (Wildman–Crippen LogP) is 7.73. The van der Waals surface area contributed by atoms with Gasteiger partial charge in [0.25, 0.3) is 0 Å². The molecule has 0 aliphatic heterocycles. The molecule has 0 saturated heterocycles. The zero-order valence-electron chi connectivity index (χ0n) is 14.6. The van der Waals surface area contributed by atoms with Crippen molar-refractivity contribution in [2.45, 2.75) is 4.90 Å². The molecule has 1 aromatic heterocycles. The third-order valence-corrected chi connectivity index (χ3v) is 4.55. The van der Waals surface area contributed by atoms with Crippen molar-refractivity contribution >= 4 is 29.7 Å². The van der Waals surface area contributed by atoms with Crippen LogP contribution in [0.2, 0.25) is 0 Å². The Balaban J connectivity index is 0.000000321. The van der Waals surface area contributed by atoms with E-state index in [2.05, 4.69) is 42.8 Å². The first-order valence-electron chi connectivity index (χ1n) is 7.44. The number of benzene rings is 2. The van der Waals surface area contributed by atoms with E-state index in [9.17, 15) is 25.2 Å². The molecule has 3 rings (SSSR count). The van der Waals surface area contributed by atoms with Gasteiger partial charge in [-0.3, -0.25) is 0 Å². The van der Waals surface area contributed by atoms with Gasteiger partial charge in [-0.15, -0.1) is 0 Å². The van der Waals surface area contributed by atoms with Crippen LogP contribution in [0.1, 0.15) is 0 Å². The van der Waals surface area contributed by atoms with Gasteiger partial charge in [-0.25, -0.2) is 0 Å². The second kappa shape index (κ2) is 6.63. The molecule has 27 heavy (non-hydrogen) atoms. The van der Waals surface area contributed by atoms with E-state index >= 15 is 0 Å². The molecule has 0 fully saturated rings. The van der Waals surface area contributed by atoms with Gasteiger partial charge in [0.1, 0.15) is 29.6 Å². The van der Waals surface area contributed by atoms with Gasteiger partial charge in [0, 0.05) is 27.9 Å². The maximum absolute atomic E-state index is 10.7. The number of hydrogen-bond acceptors (Lipinski definition) is 2. The minimum absolute atomic E-state index is 0.290. The van der Waals surface area contributed by atoms with Crippen molar-refractivity contribution in [2.75, 3.05) is 19.6 Å². The summed E-state index contributed by atoms with van der Waals surface area (Å²) in [5, 5.41) is 1.09. The van der Waals surface area contributed by atoms with E-state index in [1.54, 1.807) is 7.11 Å². The van der Waals surface area contributed by atoms with Gasteiger partial charge in [-0.1, -0.05) is 0 Å². The SMILES string of the molecule is COc1ccc2cc(-c3ccc([S+](C)C)cc3)oc2c1.F[P-](F)(F)(F)(F)F. The summed E-state index contributed by atoms with van der Waals surface area (Å²) in [5.74, 6) is 1.71. The summed E-state index contributed by atoms with van der Waals surface area (Å²) >= 11 is 0. The summed E-state index contributed by atoms with van der Waals surface area (Å²) in [7, 11) is -8.70. The number of hydrogen-bond donors (Lipinski definition) is 0. The van der Waals surface area contributed by atoms with Gasteiger partial charge in [-0.2, -0.15) is 0 Å². The second-order valence-electron chi connectivity index (χ2n) is 5.81. The minimum atomic E-state index is -10.7. The molecular weight excluding hydrogens is 413 g/mol. The Morgan fingerprint density at radius 3 is 1.89 bits per heavy atom. The summed E-state index contributed by atoms with van der Waals surface area (Å²) in [6, 6.07) is 16.5. The van der Waals surface area contributed by atoms with E-state index in [-0.39, 0.29) is 0 Å². The van der Waals surface area contributed by atoms with Crippen molar-refractivity contribution < 1.29 is 34.3 Å².